The number of aromatic nitrogens is 4. The molecule has 8 bridgehead atoms. The molecule has 8 aromatic rings. The Morgan fingerprint density at radius 1 is 0.354 bits per heavy atom. The number of nitrogens with zero attached hydrogens (tertiary/aromatic N) is 4. The van der Waals surface area contributed by atoms with Crippen LogP contribution in [0.25, 0.3) is 22.3 Å². The fourth-order valence-electron chi connectivity index (χ4n) is 11.2. The van der Waals surface area contributed by atoms with Crippen molar-refractivity contribution in [3.8, 4) is 45.3 Å². The average molecular weight is 1100 g/mol. The minimum Gasteiger partial charge on any atom is -0.507 e. The molecule has 2 N–H and O–H groups in total. The van der Waals surface area contributed by atoms with Gasteiger partial charge in [-0.3, -0.25) is 9.97 Å². The Morgan fingerprint density at radius 2 is 0.610 bits per heavy atom. The number of aromatic hydroxyl groups is 2. The second kappa shape index (κ2) is 25.0. The Kier molecular flexibility index (Phi) is 18.1. The minimum absolute atomic E-state index is 0.186. The first-order valence-electron chi connectivity index (χ1n) is 30.1. The molecule has 8 heteroatoms. The summed E-state index contributed by atoms with van der Waals surface area (Å²) in [4.78, 5) is 8.35. The number of unbranched alkanes of at least 4 members (excludes halogenated alkanes) is 4. The highest BCUT2D eigenvalue weighted by Gasteiger charge is 2.29. The zero-order valence-corrected chi connectivity index (χ0v) is 51.3. The summed E-state index contributed by atoms with van der Waals surface area (Å²) in [5, 5.41) is 25.7. The molecule has 0 unspecified atom stereocenters. The highest BCUT2D eigenvalue weighted by molar-refractivity contribution is 5.63. The van der Waals surface area contributed by atoms with Crippen molar-refractivity contribution >= 4 is 0 Å². The molecule has 0 aliphatic heterocycles. The van der Waals surface area contributed by atoms with Gasteiger partial charge in [0.25, 0.3) is 0 Å². The Bertz CT molecular complexity index is 3120. The SMILES string of the molecule is CC(C)(C)c1cc2c(O)c(c1)Cc1cc(C(C)(C)C)cc(c1OCCCCC[n+]1ccc(-c3ccncc3)cc1)Cc1cc(C(C)(C)C)cc(c1O)Cc1cc(C(C)(C)C)cc(c1OCCCCC[n+]1ccc(-c3ccncc3)cc1)C2. The molecule has 0 amide bonds. The molecule has 428 valence electrons. The van der Waals surface area contributed by atoms with E-state index >= 15 is 0 Å². The van der Waals surface area contributed by atoms with Gasteiger partial charge < -0.3 is 19.7 Å². The minimum atomic E-state index is -0.196. The van der Waals surface area contributed by atoms with Gasteiger partial charge in [0.2, 0.25) is 0 Å². The third-order valence-electron chi connectivity index (χ3n) is 16.4. The number of benzene rings is 4. The molecule has 4 heterocycles. The maximum absolute atomic E-state index is 12.9. The largest absolute Gasteiger partial charge is 0.507 e. The molecule has 82 heavy (non-hydrogen) atoms. The zero-order chi connectivity index (χ0) is 58.4. The standard InChI is InChI=1S/C74H88N4O4/c1-71(2,3)63-43-55-39-59-47-65(73(7,8)9)49-61(69(59)81-37-17-13-15-31-77-33-23-53(24-34-77)51-19-27-75-28-20-51)41-57-45-64(72(4,5)6)46-58(68(57)80)42-62-50-66(74(10,11)12)48-60(40-56(44-63)67(55)79)70(62)82-38-18-14-16-32-78-35-25-54(26-36-78)52-21-29-76-30-22-52/h19-30,33-36,43-50H,13-18,31-32,37-42H2,1-12H3/p+2. The van der Waals surface area contributed by atoms with Crippen LogP contribution in [0.3, 0.4) is 0 Å². The van der Waals surface area contributed by atoms with Crippen molar-refractivity contribution in [2.24, 2.45) is 0 Å². The van der Waals surface area contributed by atoms with Gasteiger partial charge in [-0.25, -0.2) is 9.13 Å². The normalized spacial score (nSPS) is 13.0. The number of rotatable bonds is 16. The first-order valence-corrected chi connectivity index (χ1v) is 30.1. The van der Waals surface area contributed by atoms with E-state index in [4.69, 9.17) is 9.47 Å². The predicted molar refractivity (Wildman–Crippen MR) is 334 cm³/mol. The van der Waals surface area contributed by atoms with E-state index in [9.17, 15) is 10.2 Å². The van der Waals surface area contributed by atoms with E-state index in [1.165, 1.54) is 33.4 Å². The van der Waals surface area contributed by atoms with E-state index in [1.807, 2.05) is 49.1 Å². The molecule has 0 saturated heterocycles. The number of pyridine rings is 4. The highest BCUT2D eigenvalue weighted by atomic mass is 16.5. The van der Waals surface area contributed by atoms with Crippen LogP contribution in [0, 0.1) is 0 Å². The summed E-state index contributed by atoms with van der Waals surface area (Å²) < 4.78 is 18.8. The van der Waals surface area contributed by atoms with E-state index in [1.54, 1.807) is 0 Å². The van der Waals surface area contributed by atoms with Crippen LogP contribution in [0.4, 0.5) is 0 Å². The van der Waals surface area contributed by atoms with E-state index in [2.05, 4.69) is 200 Å². The van der Waals surface area contributed by atoms with Crippen LogP contribution >= 0.6 is 0 Å². The smallest absolute Gasteiger partial charge is 0.169 e. The second-order valence-electron chi connectivity index (χ2n) is 27.2. The van der Waals surface area contributed by atoms with Gasteiger partial charge in [0, 0.05) is 87.6 Å². The monoisotopic (exact) mass is 1100 g/mol. The lowest BCUT2D eigenvalue weighted by molar-refractivity contribution is -0.697. The van der Waals surface area contributed by atoms with E-state index < -0.39 is 0 Å². The predicted octanol–water partition coefficient (Wildman–Crippen LogP) is 16.2. The molecule has 1 aliphatic carbocycles. The first-order chi connectivity index (χ1) is 39.0. The van der Waals surface area contributed by atoms with Crippen LogP contribution in [0.15, 0.2) is 147 Å². The van der Waals surface area contributed by atoms with Crippen LogP contribution in [0.2, 0.25) is 0 Å². The Labute approximate surface area is 490 Å². The van der Waals surface area contributed by atoms with Crippen molar-refractivity contribution in [1.82, 2.24) is 9.97 Å². The number of phenolic OH excluding ortho intramolecular Hbond substituents is 2. The quantitative estimate of drug-likeness (QED) is 0.0740. The summed E-state index contributed by atoms with van der Waals surface area (Å²) in [6.07, 6.45) is 23.7. The number of hydrogen-bond donors (Lipinski definition) is 2. The lowest BCUT2D eigenvalue weighted by Crippen LogP contribution is -2.32. The van der Waals surface area contributed by atoms with Crippen LogP contribution < -0.4 is 18.6 Å². The van der Waals surface area contributed by atoms with Crippen molar-refractivity contribution in [1.29, 1.82) is 0 Å². The number of phenols is 2. The Balaban J connectivity index is 1.07. The molecule has 0 saturated carbocycles. The van der Waals surface area contributed by atoms with Gasteiger partial charge >= 0.3 is 0 Å². The molecule has 4 aromatic carbocycles. The summed E-state index contributed by atoms with van der Waals surface area (Å²) in [6, 6.07) is 35.0. The van der Waals surface area contributed by atoms with Crippen LogP contribution in [-0.2, 0) is 60.4 Å². The number of hydrogen-bond acceptors (Lipinski definition) is 6. The van der Waals surface area contributed by atoms with Crippen molar-refractivity contribution < 1.29 is 28.8 Å². The third-order valence-corrected chi connectivity index (χ3v) is 16.4. The molecule has 0 spiro atoms. The van der Waals surface area contributed by atoms with Crippen molar-refractivity contribution in [3.05, 3.63) is 213 Å². The van der Waals surface area contributed by atoms with Crippen LogP contribution in [0.5, 0.6) is 23.0 Å². The lowest BCUT2D eigenvalue weighted by atomic mass is 9.79. The average Bonchev–Trinajstić information content (AvgIpc) is 3.64. The van der Waals surface area contributed by atoms with Crippen molar-refractivity contribution in [2.75, 3.05) is 13.2 Å². The van der Waals surface area contributed by atoms with Crippen molar-refractivity contribution in [2.45, 2.75) is 182 Å². The van der Waals surface area contributed by atoms with Crippen LogP contribution in [0.1, 0.15) is 188 Å². The topological polar surface area (TPSA) is 92.5 Å². The maximum Gasteiger partial charge on any atom is 0.169 e. The van der Waals surface area contributed by atoms with Gasteiger partial charge in [0.15, 0.2) is 24.8 Å². The van der Waals surface area contributed by atoms with Gasteiger partial charge in [0.1, 0.15) is 36.1 Å². The van der Waals surface area contributed by atoms with E-state index in [0.717, 1.165) is 119 Å². The molecule has 0 radical (unpaired) electrons. The molecule has 1 aliphatic rings. The summed E-state index contributed by atoms with van der Waals surface area (Å²) in [6.45, 7) is 30.1. The summed E-state index contributed by atoms with van der Waals surface area (Å²) in [5.74, 6) is 2.33. The molecular formula is C74H90N4O4+2. The van der Waals surface area contributed by atoms with Gasteiger partial charge in [0.05, 0.1) is 13.2 Å². The van der Waals surface area contributed by atoms with E-state index in [0.29, 0.717) is 50.4 Å². The van der Waals surface area contributed by atoms with Gasteiger partial charge in [-0.1, -0.05) is 132 Å². The van der Waals surface area contributed by atoms with Gasteiger partial charge in [-0.15, -0.1) is 0 Å². The van der Waals surface area contributed by atoms with Gasteiger partial charge in [-0.2, -0.15) is 0 Å². The lowest BCUT2D eigenvalue weighted by Gasteiger charge is -2.28. The highest BCUT2D eigenvalue weighted by Crippen LogP contribution is 2.44. The number of fused-ring (bicyclic) bond motifs is 8. The molecule has 8 nitrogen and oxygen atoms in total. The third kappa shape index (κ3) is 14.8. The Hall–Kier alpha value is -7.32. The Morgan fingerprint density at radius 3 is 0.878 bits per heavy atom. The molecule has 0 fully saturated rings. The first kappa shape index (κ1) is 59.3. The fourth-order valence-corrected chi connectivity index (χ4v) is 11.2. The molecule has 0 atom stereocenters. The summed E-state index contributed by atoms with van der Waals surface area (Å²) in [5.41, 5.74) is 16.3. The number of aryl methyl sites for hydroxylation is 2. The molecule has 4 aromatic heterocycles. The zero-order valence-electron chi connectivity index (χ0n) is 51.3. The van der Waals surface area contributed by atoms with Gasteiger partial charge in [-0.05, 0) is 161 Å². The second-order valence-corrected chi connectivity index (χ2v) is 27.2. The molecule has 9 rings (SSSR count). The molecular weight excluding hydrogens is 1010 g/mol. The number of ether oxygens (including phenoxy) is 2. The van der Waals surface area contributed by atoms with E-state index in [-0.39, 0.29) is 21.7 Å². The fraction of sp³-hybridized carbons (Fsp3) is 0.405. The maximum atomic E-state index is 12.9. The van der Waals surface area contributed by atoms with Crippen molar-refractivity contribution in [3.63, 3.8) is 0 Å². The summed E-state index contributed by atoms with van der Waals surface area (Å²) >= 11 is 0. The summed E-state index contributed by atoms with van der Waals surface area (Å²) in [7, 11) is 0. The van der Waals surface area contributed by atoms with Crippen LogP contribution in [-0.4, -0.2) is 33.4 Å².